The number of aromatic hydroxyl groups is 1. The van der Waals surface area contributed by atoms with Crippen LogP contribution in [0.25, 0.3) is 10.8 Å². The van der Waals surface area contributed by atoms with Crippen LogP contribution in [0.1, 0.15) is 0 Å². The monoisotopic (exact) mass is 265 g/mol. The van der Waals surface area contributed by atoms with Crippen molar-refractivity contribution in [2.45, 2.75) is 4.90 Å². The number of fused-ring (bicyclic) bond motifs is 1. The second-order valence-electron chi connectivity index (χ2n) is 3.10. The predicted octanol–water partition coefficient (Wildman–Crippen LogP) is 0.587. The van der Waals surface area contributed by atoms with Gasteiger partial charge in [-0.25, -0.2) is 0 Å². The SMILES string of the molecule is O.O=S(=O)(O)c1ccc(O)c2ccccc12.[Na]. The van der Waals surface area contributed by atoms with Crippen LogP contribution in [0.5, 0.6) is 5.75 Å². The van der Waals surface area contributed by atoms with E-state index in [1.165, 1.54) is 18.2 Å². The van der Waals surface area contributed by atoms with Crippen molar-refractivity contribution in [1.82, 2.24) is 0 Å². The van der Waals surface area contributed by atoms with Gasteiger partial charge in [0.05, 0.1) is 0 Å². The molecule has 0 fully saturated rings. The summed E-state index contributed by atoms with van der Waals surface area (Å²) < 4.78 is 31.0. The zero-order valence-corrected chi connectivity index (χ0v) is 11.9. The number of phenols is 1. The van der Waals surface area contributed by atoms with Gasteiger partial charge < -0.3 is 10.6 Å². The Kier molecular flexibility index (Phi) is 5.60. The molecule has 0 aliphatic heterocycles. The third-order valence-electron chi connectivity index (χ3n) is 2.14. The van der Waals surface area contributed by atoms with Crippen molar-refractivity contribution < 1.29 is 23.6 Å². The quantitative estimate of drug-likeness (QED) is 0.581. The summed E-state index contributed by atoms with van der Waals surface area (Å²) in [6.07, 6.45) is 0. The molecule has 4 N–H and O–H groups in total. The molecule has 0 bridgehead atoms. The van der Waals surface area contributed by atoms with E-state index in [2.05, 4.69) is 0 Å². The molecule has 0 unspecified atom stereocenters. The Morgan fingerprint density at radius 2 is 1.47 bits per heavy atom. The third kappa shape index (κ3) is 3.19. The van der Waals surface area contributed by atoms with Gasteiger partial charge in [-0.05, 0) is 12.1 Å². The van der Waals surface area contributed by atoms with Crippen LogP contribution in [0.3, 0.4) is 0 Å². The second kappa shape index (κ2) is 5.81. The Hall–Kier alpha value is -0.630. The molecule has 0 aliphatic carbocycles. The molecule has 0 aromatic heterocycles. The van der Waals surface area contributed by atoms with E-state index in [0.717, 1.165) is 0 Å². The van der Waals surface area contributed by atoms with Crippen LogP contribution in [0.4, 0.5) is 0 Å². The summed E-state index contributed by atoms with van der Waals surface area (Å²) in [6.45, 7) is 0. The topological polar surface area (TPSA) is 106 Å². The Bertz CT molecular complexity index is 624. The number of hydrogen-bond donors (Lipinski definition) is 2. The number of hydrogen-bond acceptors (Lipinski definition) is 3. The maximum absolute atomic E-state index is 11.0. The minimum atomic E-state index is -4.26. The molecule has 87 valence electrons. The van der Waals surface area contributed by atoms with E-state index in [1.807, 2.05) is 0 Å². The molecule has 0 saturated heterocycles. The van der Waals surface area contributed by atoms with Crippen molar-refractivity contribution in [3.63, 3.8) is 0 Å². The van der Waals surface area contributed by atoms with Gasteiger partial charge in [0, 0.05) is 40.3 Å². The van der Waals surface area contributed by atoms with Gasteiger partial charge >= 0.3 is 0 Å². The standard InChI is InChI=1S/C10H8O4S.Na.H2O/c11-9-5-6-10(15(12,13)14)8-4-2-1-3-7(8)9;;/h1-6,11H,(H,12,13,14);;1H2. The summed E-state index contributed by atoms with van der Waals surface area (Å²) in [5.41, 5.74) is 0. The van der Waals surface area contributed by atoms with E-state index in [1.54, 1.807) is 18.2 Å². The molecule has 0 atom stereocenters. The zero-order valence-electron chi connectivity index (χ0n) is 9.08. The fourth-order valence-corrected chi connectivity index (χ4v) is 2.18. The van der Waals surface area contributed by atoms with E-state index in [0.29, 0.717) is 10.8 Å². The van der Waals surface area contributed by atoms with Crippen LogP contribution in [0.2, 0.25) is 0 Å². The first-order chi connectivity index (χ1) is 7.00. The maximum Gasteiger partial charge on any atom is 0.295 e. The largest absolute Gasteiger partial charge is 0.507 e. The molecule has 7 heteroatoms. The number of phenolic OH excluding ortho intramolecular Hbond substituents is 1. The molecule has 0 spiro atoms. The van der Waals surface area contributed by atoms with Crippen LogP contribution in [-0.4, -0.2) is 53.1 Å². The first-order valence-corrected chi connectivity index (χ1v) is 5.62. The zero-order chi connectivity index (χ0) is 11.1. The summed E-state index contributed by atoms with van der Waals surface area (Å²) in [7, 11) is -4.26. The van der Waals surface area contributed by atoms with Crippen LogP contribution in [0.15, 0.2) is 41.3 Å². The molecule has 2 aromatic carbocycles. The molecule has 0 heterocycles. The van der Waals surface area contributed by atoms with Crippen LogP contribution in [-0.2, 0) is 10.1 Å². The van der Waals surface area contributed by atoms with Crippen molar-refractivity contribution in [2.75, 3.05) is 0 Å². The Balaban J connectivity index is 0.00000128. The average molecular weight is 265 g/mol. The van der Waals surface area contributed by atoms with Gasteiger partial charge in [0.15, 0.2) is 0 Å². The summed E-state index contributed by atoms with van der Waals surface area (Å²) in [4.78, 5) is -0.198. The van der Waals surface area contributed by atoms with E-state index >= 15 is 0 Å². The molecule has 2 aromatic rings. The van der Waals surface area contributed by atoms with E-state index in [9.17, 15) is 13.5 Å². The molecule has 2 rings (SSSR count). The molecule has 5 nitrogen and oxygen atoms in total. The second-order valence-corrected chi connectivity index (χ2v) is 4.49. The van der Waals surface area contributed by atoms with Gasteiger partial charge in [0.2, 0.25) is 0 Å². The normalized spacial score (nSPS) is 10.4. The fourth-order valence-electron chi connectivity index (χ4n) is 1.48. The van der Waals surface area contributed by atoms with E-state index in [4.69, 9.17) is 4.55 Å². The minimum absolute atomic E-state index is 0. The molecule has 1 radical (unpaired) electrons. The van der Waals surface area contributed by atoms with Crippen LogP contribution in [0, 0.1) is 0 Å². The number of benzene rings is 2. The molecular formula is C10H10NaO5S. The van der Waals surface area contributed by atoms with E-state index in [-0.39, 0.29) is 45.7 Å². The molecule has 0 amide bonds. The van der Waals surface area contributed by atoms with Gasteiger partial charge in [-0.3, -0.25) is 4.55 Å². The summed E-state index contributed by atoms with van der Waals surface area (Å²) in [6, 6.07) is 8.84. The smallest absolute Gasteiger partial charge is 0.295 e. The molecule has 17 heavy (non-hydrogen) atoms. The Morgan fingerprint density at radius 1 is 0.941 bits per heavy atom. The van der Waals surface area contributed by atoms with Crippen molar-refractivity contribution in [1.29, 1.82) is 0 Å². The van der Waals surface area contributed by atoms with Crippen molar-refractivity contribution in [3.8, 4) is 5.75 Å². The third-order valence-corrected chi connectivity index (χ3v) is 3.05. The first kappa shape index (κ1) is 16.4. The van der Waals surface area contributed by atoms with Gasteiger partial charge in [-0.1, -0.05) is 24.3 Å². The van der Waals surface area contributed by atoms with Gasteiger partial charge in [0.25, 0.3) is 10.1 Å². The summed E-state index contributed by atoms with van der Waals surface area (Å²) in [5, 5.41) is 10.2. The average Bonchev–Trinajstić information content (AvgIpc) is 2.17. The van der Waals surface area contributed by atoms with Crippen molar-refractivity contribution in [2.24, 2.45) is 0 Å². The minimum Gasteiger partial charge on any atom is -0.507 e. The fraction of sp³-hybridized carbons (Fsp3) is 0. The Labute approximate surface area is 120 Å². The molecule has 0 aliphatic rings. The number of rotatable bonds is 1. The van der Waals surface area contributed by atoms with E-state index < -0.39 is 10.1 Å². The predicted molar refractivity (Wildman–Crippen MR) is 64.8 cm³/mol. The van der Waals surface area contributed by atoms with Gasteiger partial charge in [-0.2, -0.15) is 8.42 Å². The molecular weight excluding hydrogens is 255 g/mol. The first-order valence-electron chi connectivity index (χ1n) is 4.18. The maximum atomic E-state index is 11.0. The molecule has 0 saturated carbocycles. The van der Waals surface area contributed by atoms with Gasteiger partial charge in [0.1, 0.15) is 10.6 Å². The summed E-state index contributed by atoms with van der Waals surface area (Å²) >= 11 is 0. The van der Waals surface area contributed by atoms with Crippen molar-refractivity contribution >= 4 is 50.4 Å². The summed E-state index contributed by atoms with van der Waals surface area (Å²) in [5.74, 6) is -0.0157. The van der Waals surface area contributed by atoms with Crippen LogP contribution < -0.4 is 0 Å². The van der Waals surface area contributed by atoms with Crippen molar-refractivity contribution in [3.05, 3.63) is 36.4 Å². The van der Waals surface area contributed by atoms with Crippen LogP contribution >= 0.6 is 0 Å². The van der Waals surface area contributed by atoms with Gasteiger partial charge in [-0.15, -0.1) is 0 Å². The Morgan fingerprint density at radius 3 is 2.00 bits per heavy atom.